The predicted molar refractivity (Wildman–Crippen MR) is 416 cm³/mol. The smallest absolute Gasteiger partial charge is 0.310 e. The maximum absolute atomic E-state index is 14.8. The van der Waals surface area contributed by atoms with Gasteiger partial charge < -0.3 is 85.0 Å². The van der Waals surface area contributed by atoms with E-state index in [-0.39, 0.29) is 31.8 Å². The van der Waals surface area contributed by atoms with Gasteiger partial charge in [0.05, 0.1) is 38.6 Å². The number of amides is 2. The van der Waals surface area contributed by atoms with Gasteiger partial charge in [0, 0.05) is 12.8 Å². The van der Waals surface area contributed by atoms with Gasteiger partial charge in [0.2, 0.25) is 11.8 Å². The predicted octanol–water partition coefficient (Wildman–Crippen LogP) is 16.8. The summed E-state index contributed by atoms with van der Waals surface area (Å²) in [5, 5.41) is 61.2. The van der Waals surface area contributed by atoms with Crippen LogP contribution >= 0.6 is 7.82 Å². The summed E-state index contributed by atoms with van der Waals surface area (Å²) in [6.07, 6.45) is 34.0. The van der Waals surface area contributed by atoms with E-state index < -0.39 is 143 Å². The molecular formula is C82H158N3O20P. The van der Waals surface area contributed by atoms with Crippen molar-refractivity contribution >= 4 is 37.5 Å². The van der Waals surface area contributed by atoms with E-state index in [1.54, 1.807) is 0 Å². The molecule has 0 aromatic carbocycles. The van der Waals surface area contributed by atoms with Gasteiger partial charge in [-0.2, -0.15) is 0 Å². The monoisotopic (exact) mass is 1540 g/mol. The molecule has 0 aromatic rings. The van der Waals surface area contributed by atoms with Crippen molar-refractivity contribution in [1.82, 2.24) is 16.8 Å². The van der Waals surface area contributed by atoms with Crippen molar-refractivity contribution in [2.24, 2.45) is 0 Å². The van der Waals surface area contributed by atoms with Gasteiger partial charge in [0.1, 0.15) is 54.8 Å². The lowest BCUT2D eigenvalue weighted by atomic mass is 9.95. The van der Waals surface area contributed by atoms with Crippen LogP contribution in [0.15, 0.2) is 0 Å². The lowest BCUT2D eigenvalue weighted by Gasteiger charge is -2.47. The first-order valence-electron chi connectivity index (χ1n) is 43.0. The first-order chi connectivity index (χ1) is 50.8. The van der Waals surface area contributed by atoms with Crippen LogP contribution in [-0.4, -0.2) is 153 Å². The quantitative estimate of drug-likeness (QED) is 0.0118. The average Bonchev–Trinajstić information content (AvgIpc) is 0.780. The summed E-state index contributed by atoms with van der Waals surface area (Å²) in [7, 11) is -5.81. The highest BCUT2D eigenvalue weighted by Gasteiger charge is 2.53. The molecule has 2 fully saturated rings. The first-order valence-corrected chi connectivity index (χ1v) is 44.4. The van der Waals surface area contributed by atoms with Crippen LogP contribution in [0.1, 0.15) is 401 Å². The zero-order valence-electron chi connectivity index (χ0n) is 67.6. The second-order valence-electron chi connectivity index (χ2n) is 30.7. The Balaban J connectivity index is 0.0000562. The minimum atomic E-state index is -5.81. The number of phosphoric ester groups is 1. The number of nitrogens with one attached hydrogen (secondary N) is 2. The number of ether oxygens (including phenoxy) is 6. The summed E-state index contributed by atoms with van der Waals surface area (Å²) in [6, 6.07) is -3.35. The molecule has 2 aliphatic rings. The fourth-order valence-electron chi connectivity index (χ4n) is 14.4. The zero-order chi connectivity index (χ0) is 77.0. The molecule has 14 atom stereocenters. The third kappa shape index (κ3) is 51.6. The molecule has 5 unspecified atom stereocenters. The first kappa shape index (κ1) is 101. The number of esters is 3. The van der Waals surface area contributed by atoms with Crippen LogP contribution in [0, 0.1) is 0 Å². The minimum Gasteiger partial charge on any atom is -0.756 e. The largest absolute Gasteiger partial charge is 0.756 e. The van der Waals surface area contributed by atoms with Crippen LogP contribution in [0.3, 0.4) is 0 Å². The number of hydrogen-bond acceptors (Lipinski definition) is 19. The summed E-state index contributed by atoms with van der Waals surface area (Å²) in [5.41, 5.74) is 0. The van der Waals surface area contributed by atoms with E-state index in [2.05, 4.69) is 45.3 Å². The number of phosphoric acid groups is 1. The summed E-state index contributed by atoms with van der Waals surface area (Å²) >= 11 is 0. The van der Waals surface area contributed by atoms with Crippen LogP contribution in [-0.2, 0) is 61.5 Å². The molecule has 0 bridgehead atoms. The van der Waals surface area contributed by atoms with E-state index in [0.29, 0.717) is 44.9 Å². The molecule has 24 heteroatoms. The average molecular weight is 1540 g/mol. The van der Waals surface area contributed by atoms with Gasteiger partial charge in [-0.15, -0.1) is 0 Å². The molecule has 0 aromatic heterocycles. The van der Waals surface area contributed by atoms with Crippen molar-refractivity contribution in [3.8, 4) is 0 Å². The van der Waals surface area contributed by atoms with Crippen LogP contribution in [0.25, 0.3) is 0 Å². The highest BCUT2D eigenvalue weighted by atomic mass is 31.2. The molecule has 106 heavy (non-hydrogen) atoms. The Morgan fingerprint density at radius 1 is 0.425 bits per heavy atom. The maximum atomic E-state index is 14.8. The van der Waals surface area contributed by atoms with Crippen molar-refractivity contribution in [2.45, 2.75) is 480 Å². The Morgan fingerprint density at radius 2 is 0.764 bits per heavy atom. The molecule has 23 nitrogen and oxygen atoms in total. The van der Waals surface area contributed by atoms with Gasteiger partial charge in [-0.25, -0.2) is 0 Å². The fraction of sp³-hybridized carbons (Fsp3) is 0.939. The van der Waals surface area contributed by atoms with E-state index in [1.807, 2.05) is 0 Å². The molecule has 0 radical (unpaired) electrons. The topological polar surface area (TPSA) is 372 Å². The van der Waals surface area contributed by atoms with E-state index in [9.17, 15) is 63.9 Å². The lowest BCUT2D eigenvalue weighted by molar-refractivity contribution is -0.304. The molecule has 12 N–H and O–H groups in total. The molecule has 626 valence electrons. The molecule has 2 heterocycles. The van der Waals surface area contributed by atoms with Crippen LogP contribution in [0.4, 0.5) is 0 Å². The van der Waals surface area contributed by atoms with Gasteiger partial charge in [-0.05, 0) is 44.9 Å². The van der Waals surface area contributed by atoms with Crippen molar-refractivity contribution in [3.05, 3.63) is 0 Å². The lowest BCUT2D eigenvalue weighted by Crippen LogP contribution is -2.67. The Hall–Kier alpha value is -2.90. The van der Waals surface area contributed by atoms with Gasteiger partial charge >= 0.3 is 17.9 Å². The van der Waals surface area contributed by atoms with E-state index in [4.69, 9.17) is 32.9 Å². The Bertz CT molecular complexity index is 2190. The summed E-state index contributed by atoms with van der Waals surface area (Å²) in [6.45, 7) is 9.15. The van der Waals surface area contributed by atoms with Gasteiger partial charge in [-0.1, -0.05) is 324 Å². The molecule has 2 rings (SSSR count). The summed E-state index contributed by atoms with van der Waals surface area (Å²) < 4.78 is 54.5. The van der Waals surface area contributed by atoms with Gasteiger partial charge in [-0.3, -0.25) is 28.5 Å². The zero-order valence-corrected chi connectivity index (χ0v) is 68.5. The number of unbranched alkanes of at least 4 members (excludes halogenated alkanes) is 44. The summed E-state index contributed by atoms with van der Waals surface area (Å²) in [4.78, 5) is 93.3. The van der Waals surface area contributed by atoms with Crippen molar-refractivity contribution in [2.75, 3.05) is 13.2 Å². The SMILES string of the molecule is CCCCCCCCCCCCCC(=O)O[C@H](CCCCCCCCCCC)CC(=O)N[C@H]1C(OC(=O)C[C@H](CCCCCCCCCCC)OC(=O)CCCCCCCCCCCCC)[C@H](OP(=O)([O-])O)C(CO)O[C@H]1OCC1O[C@H](O)[C@@H](NC(=O)C[C@H](O)CCCCCCCCCCC)C(O)[C@@H]1O.[NH4+]. The molecule has 2 aliphatic heterocycles. The molecular weight excluding hydrogens is 1380 g/mol. The third-order valence-corrected chi connectivity index (χ3v) is 21.4. The van der Waals surface area contributed by atoms with Crippen LogP contribution in [0.5, 0.6) is 0 Å². The minimum absolute atomic E-state index is 0. The maximum Gasteiger partial charge on any atom is 0.310 e. The van der Waals surface area contributed by atoms with Crippen LogP contribution in [0.2, 0.25) is 0 Å². The van der Waals surface area contributed by atoms with Gasteiger partial charge in [0.25, 0.3) is 7.82 Å². The number of carbonyl (C=O) groups is 5. The highest BCUT2D eigenvalue weighted by Crippen LogP contribution is 2.40. The highest BCUT2D eigenvalue weighted by molar-refractivity contribution is 7.44. The second kappa shape index (κ2) is 66.7. The van der Waals surface area contributed by atoms with Crippen molar-refractivity contribution in [3.63, 3.8) is 0 Å². The number of quaternary nitrogens is 1. The number of carbonyl (C=O) groups excluding carboxylic acids is 5. The Morgan fingerprint density at radius 3 is 1.14 bits per heavy atom. The Labute approximate surface area is 641 Å². The number of hydrogen-bond donors (Lipinski definition) is 9. The number of rotatable bonds is 71. The number of aliphatic hydroxyl groups excluding tert-OH is 5. The fourth-order valence-corrected chi connectivity index (χ4v) is 15.0. The molecule has 2 amide bonds. The van der Waals surface area contributed by atoms with Gasteiger partial charge in [0.15, 0.2) is 18.7 Å². The number of aliphatic hydroxyl groups is 5. The van der Waals surface area contributed by atoms with Crippen molar-refractivity contribution < 1.29 is 96.8 Å². The molecule has 2 saturated heterocycles. The second-order valence-corrected chi connectivity index (χ2v) is 31.8. The van der Waals surface area contributed by atoms with E-state index in [0.717, 1.165) is 154 Å². The third-order valence-electron chi connectivity index (χ3n) is 20.8. The summed E-state index contributed by atoms with van der Waals surface area (Å²) in [5.74, 6) is -3.51. The van der Waals surface area contributed by atoms with Crippen LogP contribution < -0.4 is 21.7 Å². The normalized spacial score (nSPS) is 21.7. The Kier molecular flexibility index (Phi) is 63.6. The molecule has 0 spiro atoms. The van der Waals surface area contributed by atoms with E-state index in [1.165, 1.54) is 128 Å². The van der Waals surface area contributed by atoms with Crippen molar-refractivity contribution in [1.29, 1.82) is 0 Å². The molecule has 0 saturated carbocycles. The standard InChI is InChI=1S/C82H155N2O20P.H3N/c1-6-11-16-21-26-31-33-38-43-48-53-58-72(89)99-66(56-51-46-41-36-29-24-19-14-9-4)61-71(88)84-76-80(103-74(91)62-67(57-52-47-42-37-30-25-20-15-10-5)100-73(90)59-54-49-44-39-34-32-27-22-17-12-7-2)79(104-105(95,96)97)68(63-85)102-82(76)98-64-69-77(92)78(93)75(81(94)101-69)83-70(87)60-65(86)55-50-45-40-35-28-23-18-13-8-3;/h65-69,75-82,85-86,92-94H,6-64H2,1-5H3,(H,83,87)(H,84,88)(H2,95,96,97);1H3/t65-,66-,67+,68?,69?,75+,76+,77-,78?,79-,80?,81+,82-;/m1./s1. The van der Waals surface area contributed by atoms with E-state index >= 15 is 0 Å². The molecule has 0 aliphatic carbocycles.